The summed E-state index contributed by atoms with van der Waals surface area (Å²) in [5, 5.41) is 2.12. The van der Waals surface area contributed by atoms with Crippen molar-refractivity contribution in [3.63, 3.8) is 0 Å². The van der Waals surface area contributed by atoms with Crippen molar-refractivity contribution in [3.8, 4) is 0 Å². The Bertz CT molecular complexity index is 827. The third-order valence-corrected chi connectivity index (χ3v) is 18.3. The van der Waals surface area contributed by atoms with Gasteiger partial charge in [-0.3, -0.25) is 0 Å². The van der Waals surface area contributed by atoms with Crippen molar-refractivity contribution in [1.82, 2.24) is 0 Å². The van der Waals surface area contributed by atoms with Gasteiger partial charge in [0.05, 0.1) is 16.6 Å². The van der Waals surface area contributed by atoms with Crippen LogP contribution in [0.5, 0.6) is 0 Å². The Morgan fingerprint density at radius 1 is 0.778 bits per heavy atom. The molecule has 0 aromatic heterocycles. The lowest BCUT2D eigenvalue weighted by molar-refractivity contribution is 0.738. The molecule has 140 valence electrons. The highest BCUT2D eigenvalue weighted by Crippen LogP contribution is 2.46. The van der Waals surface area contributed by atoms with E-state index in [2.05, 4.69) is 102 Å². The van der Waals surface area contributed by atoms with Gasteiger partial charge in [0.1, 0.15) is 0 Å². The topological polar surface area (TPSA) is 0 Å². The van der Waals surface area contributed by atoms with Crippen LogP contribution in [0.15, 0.2) is 60.7 Å². The molecule has 2 heteroatoms. The second-order valence-electron chi connectivity index (χ2n) is 9.39. The lowest BCUT2D eigenvalue weighted by Crippen LogP contribution is -2.51. The van der Waals surface area contributed by atoms with E-state index < -0.39 is 16.6 Å². The van der Waals surface area contributed by atoms with E-state index >= 15 is 0 Å². The van der Waals surface area contributed by atoms with Gasteiger partial charge in [-0.2, -0.15) is 0 Å². The van der Waals surface area contributed by atoms with E-state index in [1.807, 2.05) is 0 Å². The van der Waals surface area contributed by atoms with Crippen LogP contribution >= 0.6 is 0 Å². The largest absolute Gasteiger partial charge is 0.0892 e. The first-order chi connectivity index (χ1) is 12.8. The molecule has 1 aromatic carbocycles. The number of benzene rings is 1. The molecule has 0 amide bonds. The monoisotopic (exact) mass is 388 g/mol. The van der Waals surface area contributed by atoms with Gasteiger partial charge < -0.3 is 0 Å². The Balaban J connectivity index is 1.97. The summed E-state index contributed by atoms with van der Waals surface area (Å²) in [6.45, 7) is 14.6. The Morgan fingerprint density at radius 2 is 1.33 bits per heavy atom. The third kappa shape index (κ3) is 3.01. The highest BCUT2D eigenvalue weighted by molar-refractivity contribution is 7.32. The lowest BCUT2D eigenvalue weighted by Gasteiger charge is -2.34. The minimum atomic E-state index is -0.665. The molecule has 0 saturated carbocycles. The van der Waals surface area contributed by atoms with Gasteiger partial charge in [-0.25, -0.2) is 0 Å². The first-order valence-electron chi connectivity index (χ1n) is 10.5. The molecule has 0 nitrogen and oxygen atoms in total. The Kier molecular flexibility index (Phi) is 4.84. The predicted molar refractivity (Wildman–Crippen MR) is 123 cm³/mol. The lowest BCUT2D eigenvalue weighted by atomic mass is 9.89. The zero-order valence-corrected chi connectivity index (χ0v) is 19.6. The second-order valence-corrected chi connectivity index (χ2v) is 17.4. The Hall–Kier alpha value is -1.39. The summed E-state index contributed by atoms with van der Waals surface area (Å²) in [6.07, 6.45) is 19.1. The van der Waals surface area contributed by atoms with Crippen LogP contribution in [0.4, 0.5) is 0 Å². The van der Waals surface area contributed by atoms with Gasteiger partial charge in [0.2, 0.25) is 0 Å². The van der Waals surface area contributed by atoms with Crippen LogP contribution in [0.3, 0.4) is 0 Å². The number of fused-ring (bicyclic) bond motifs is 1. The first kappa shape index (κ1) is 19.0. The van der Waals surface area contributed by atoms with Crippen LogP contribution < -0.4 is 5.19 Å². The van der Waals surface area contributed by atoms with Gasteiger partial charge in [0, 0.05) is 0 Å². The first-order valence-corrected chi connectivity index (χ1v) is 14.6. The minimum Gasteiger partial charge on any atom is -0.0808 e. The molecule has 2 aliphatic carbocycles. The Labute approximate surface area is 168 Å². The second kappa shape index (κ2) is 6.90. The molecule has 0 N–H and O–H groups in total. The molecule has 0 atom stereocenters. The minimum absolute atomic E-state index is 0.316. The van der Waals surface area contributed by atoms with Crippen LogP contribution in [0, 0.1) is 0 Å². The van der Waals surface area contributed by atoms with Gasteiger partial charge in [-0.15, -0.1) is 0 Å². The molecule has 4 rings (SSSR count). The summed E-state index contributed by atoms with van der Waals surface area (Å²) in [5.74, 6) is 1.19. The van der Waals surface area contributed by atoms with Crippen molar-refractivity contribution in [2.75, 3.05) is 0 Å². The van der Waals surface area contributed by atoms with Crippen molar-refractivity contribution < 1.29 is 0 Å². The standard InChI is InChI=1S/C25H32Si2/c1-17(2)19-15-22(18(3)4)24-23(16-19)25(5,6)27(21-13-9-10-14-21)26(24)20-11-7-8-12-20/h7-18,20-21H,1-6H3. The summed E-state index contributed by atoms with van der Waals surface area (Å²) in [5.41, 5.74) is 6.22. The van der Waals surface area contributed by atoms with Crippen LogP contribution in [0.1, 0.15) is 70.1 Å². The van der Waals surface area contributed by atoms with E-state index in [-0.39, 0.29) is 0 Å². The van der Waals surface area contributed by atoms with Gasteiger partial charge in [-0.05, 0) is 44.6 Å². The van der Waals surface area contributed by atoms with Crippen molar-refractivity contribution in [2.45, 2.75) is 69.5 Å². The molecule has 0 spiro atoms. The molecule has 0 fully saturated rings. The third-order valence-electron chi connectivity index (χ3n) is 6.55. The normalized spacial score (nSPS) is 22.2. The SMILES string of the molecule is CC(C)c1cc(C(C)C)c2c(c1)C(C)(C)[Si](C1C=CC=C1)[Si]2C1C=CC=C1. The van der Waals surface area contributed by atoms with E-state index in [0.717, 1.165) is 0 Å². The number of allylic oxidation sites excluding steroid dienone is 8. The number of hydrogen-bond donors (Lipinski definition) is 0. The molecule has 0 unspecified atom stereocenters. The molecule has 27 heavy (non-hydrogen) atoms. The molecule has 0 saturated heterocycles. The smallest absolute Gasteiger partial charge is 0.0808 e. The van der Waals surface area contributed by atoms with Crippen molar-refractivity contribution in [3.05, 3.63) is 77.4 Å². The fourth-order valence-electron chi connectivity index (χ4n) is 5.08. The summed E-state index contributed by atoms with van der Waals surface area (Å²) in [6, 6.07) is 5.15. The van der Waals surface area contributed by atoms with E-state index in [4.69, 9.17) is 0 Å². The average molecular weight is 389 g/mol. The fourth-order valence-corrected chi connectivity index (χ4v) is 18.5. The van der Waals surface area contributed by atoms with Crippen molar-refractivity contribution >= 4 is 21.8 Å². The van der Waals surface area contributed by atoms with Crippen LogP contribution in [-0.4, -0.2) is 16.6 Å². The van der Waals surface area contributed by atoms with Gasteiger partial charge in [-0.1, -0.05) is 107 Å². The summed E-state index contributed by atoms with van der Waals surface area (Å²) >= 11 is 0. The molecule has 1 aromatic rings. The highest BCUT2D eigenvalue weighted by atomic mass is 29.2. The zero-order valence-electron chi connectivity index (χ0n) is 17.6. The van der Waals surface area contributed by atoms with Gasteiger partial charge in [0.15, 0.2) is 0 Å². The maximum absolute atomic E-state index is 2.60. The van der Waals surface area contributed by atoms with E-state index in [9.17, 15) is 0 Å². The summed E-state index contributed by atoms with van der Waals surface area (Å²) in [4.78, 5) is 0. The maximum atomic E-state index is 2.60. The van der Waals surface area contributed by atoms with Gasteiger partial charge in [0.25, 0.3) is 0 Å². The molecule has 2 radical (unpaired) electrons. The quantitative estimate of drug-likeness (QED) is 0.552. The molecule has 3 aliphatic rings. The van der Waals surface area contributed by atoms with Crippen LogP contribution in [0.2, 0.25) is 11.1 Å². The number of rotatable bonds is 4. The van der Waals surface area contributed by atoms with E-state index in [1.165, 1.54) is 5.56 Å². The average Bonchev–Trinajstić information content (AvgIpc) is 3.33. The van der Waals surface area contributed by atoms with E-state index in [1.54, 1.807) is 16.3 Å². The van der Waals surface area contributed by atoms with Gasteiger partial charge >= 0.3 is 0 Å². The molecule has 1 aliphatic heterocycles. The maximum Gasteiger partial charge on any atom is 0.0892 e. The summed E-state index contributed by atoms with van der Waals surface area (Å²) in [7, 11) is -1.28. The van der Waals surface area contributed by atoms with Crippen LogP contribution in [0.25, 0.3) is 0 Å². The number of hydrogen-bond acceptors (Lipinski definition) is 0. The highest BCUT2D eigenvalue weighted by Gasteiger charge is 2.54. The zero-order chi connectivity index (χ0) is 19.3. The molecule has 1 heterocycles. The molecular weight excluding hydrogens is 356 g/mol. The van der Waals surface area contributed by atoms with Crippen molar-refractivity contribution in [1.29, 1.82) is 0 Å². The van der Waals surface area contributed by atoms with E-state index in [0.29, 0.717) is 28.0 Å². The predicted octanol–water partition coefficient (Wildman–Crippen LogP) is 6.03. The van der Waals surface area contributed by atoms with Crippen molar-refractivity contribution in [2.24, 2.45) is 0 Å². The fraction of sp³-hybridized carbons (Fsp3) is 0.440. The Morgan fingerprint density at radius 3 is 1.85 bits per heavy atom. The van der Waals surface area contributed by atoms with Crippen LogP contribution in [-0.2, 0) is 5.04 Å². The molecule has 0 bridgehead atoms. The molecular formula is C25H32Si2. The summed E-state index contributed by atoms with van der Waals surface area (Å²) < 4.78 is 0.